The van der Waals surface area contributed by atoms with Gasteiger partial charge < -0.3 is 28.6 Å². The van der Waals surface area contributed by atoms with Crippen molar-refractivity contribution in [2.75, 3.05) is 41.0 Å². The normalized spacial score (nSPS) is 13.0. The maximum Gasteiger partial charge on any atom is 0.306 e. The summed E-state index contributed by atoms with van der Waals surface area (Å²) in [5.41, 5.74) is 0. The van der Waals surface area contributed by atoms with Crippen LogP contribution in [-0.2, 0) is 28.6 Å². The lowest BCUT2D eigenvalue weighted by Gasteiger charge is -2.34. The average molecular weight is 752 g/mol. The number of ether oxygens (including phenoxy) is 3. The van der Waals surface area contributed by atoms with E-state index in [2.05, 4.69) is 26.0 Å². The SMILES string of the molecule is CCCCCCCC/C=C\CCCCCCCCCC(=O)OC(COCCC(C(=O)[O-])[N+](C)(C)C)COC(=O)CCCCCCCCCCCCCC. The number of esters is 2. The molecule has 0 aliphatic heterocycles. The van der Waals surface area contributed by atoms with Gasteiger partial charge >= 0.3 is 11.9 Å². The second-order valence-corrected chi connectivity index (χ2v) is 16.3. The summed E-state index contributed by atoms with van der Waals surface area (Å²) in [5.74, 6) is -1.73. The predicted octanol–water partition coefficient (Wildman–Crippen LogP) is 10.6. The highest BCUT2D eigenvalue weighted by atomic mass is 16.6. The van der Waals surface area contributed by atoms with Crippen molar-refractivity contribution in [2.24, 2.45) is 0 Å². The number of rotatable bonds is 40. The topological polar surface area (TPSA) is 102 Å². The van der Waals surface area contributed by atoms with E-state index in [1.807, 2.05) is 0 Å². The van der Waals surface area contributed by atoms with Gasteiger partial charge in [0.1, 0.15) is 12.6 Å². The summed E-state index contributed by atoms with van der Waals surface area (Å²) in [6.07, 6.45) is 38.0. The number of carbonyl (C=O) groups is 3. The van der Waals surface area contributed by atoms with Crippen LogP contribution in [0.3, 0.4) is 0 Å². The van der Waals surface area contributed by atoms with Crippen molar-refractivity contribution in [3.05, 3.63) is 12.2 Å². The molecule has 0 aliphatic rings. The zero-order valence-corrected chi connectivity index (χ0v) is 35.4. The first-order valence-electron chi connectivity index (χ1n) is 22.2. The van der Waals surface area contributed by atoms with Crippen molar-refractivity contribution in [2.45, 2.75) is 219 Å². The maximum atomic E-state index is 12.7. The summed E-state index contributed by atoms with van der Waals surface area (Å²) >= 11 is 0. The lowest BCUT2D eigenvalue weighted by molar-refractivity contribution is -0.889. The first kappa shape index (κ1) is 51.1. The van der Waals surface area contributed by atoms with E-state index in [9.17, 15) is 19.5 Å². The van der Waals surface area contributed by atoms with Gasteiger partial charge in [-0.2, -0.15) is 0 Å². The van der Waals surface area contributed by atoms with E-state index in [-0.39, 0.29) is 42.7 Å². The Morgan fingerprint density at radius 2 is 0.943 bits per heavy atom. The highest BCUT2D eigenvalue weighted by molar-refractivity contribution is 5.70. The summed E-state index contributed by atoms with van der Waals surface area (Å²) in [5, 5.41) is 11.6. The summed E-state index contributed by atoms with van der Waals surface area (Å²) in [6, 6.07) is -0.721. The van der Waals surface area contributed by atoms with Crippen molar-refractivity contribution < 1.29 is 38.2 Å². The third kappa shape index (κ3) is 35.5. The average Bonchev–Trinajstić information content (AvgIpc) is 3.11. The molecule has 0 spiro atoms. The van der Waals surface area contributed by atoms with Crippen LogP contribution in [-0.4, -0.2) is 75.5 Å². The molecule has 0 aromatic heterocycles. The van der Waals surface area contributed by atoms with E-state index in [1.54, 1.807) is 21.1 Å². The zero-order valence-electron chi connectivity index (χ0n) is 35.4. The maximum absolute atomic E-state index is 12.7. The number of hydrogen-bond donors (Lipinski definition) is 0. The van der Waals surface area contributed by atoms with Crippen molar-refractivity contribution >= 4 is 17.9 Å². The van der Waals surface area contributed by atoms with Crippen LogP contribution < -0.4 is 5.11 Å². The van der Waals surface area contributed by atoms with Gasteiger partial charge in [-0.15, -0.1) is 0 Å². The molecular weight excluding hydrogens is 666 g/mol. The van der Waals surface area contributed by atoms with Crippen molar-refractivity contribution in [3.8, 4) is 0 Å². The Morgan fingerprint density at radius 3 is 1.36 bits per heavy atom. The highest BCUT2D eigenvalue weighted by Gasteiger charge is 2.25. The molecule has 0 amide bonds. The molecule has 53 heavy (non-hydrogen) atoms. The smallest absolute Gasteiger partial charge is 0.306 e. The molecule has 2 atom stereocenters. The summed E-state index contributed by atoms with van der Waals surface area (Å²) in [4.78, 5) is 36.8. The number of aliphatic carboxylic acids is 1. The Morgan fingerprint density at radius 1 is 0.547 bits per heavy atom. The van der Waals surface area contributed by atoms with Crippen LogP contribution in [0.2, 0.25) is 0 Å². The lowest BCUT2D eigenvalue weighted by Crippen LogP contribution is -2.55. The second-order valence-electron chi connectivity index (χ2n) is 16.3. The minimum atomic E-state index is -1.12. The standard InChI is InChI=1S/C45H85NO7/c1-6-8-10-12-14-16-18-20-21-22-23-24-26-28-30-32-34-36-44(48)53-41(39-51-38-37-42(45(49)50)46(3,4)5)40-52-43(47)35-33-31-29-27-25-19-17-15-13-11-9-7-2/h20-21,41-42H,6-19,22-40H2,1-5H3/b21-20-. The quantitative estimate of drug-likeness (QED) is 0.0266. The van der Waals surface area contributed by atoms with Gasteiger partial charge in [-0.1, -0.05) is 161 Å². The number of carboxylic acids is 1. The number of carbonyl (C=O) groups excluding carboxylic acids is 3. The van der Waals surface area contributed by atoms with Gasteiger partial charge in [-0.3, -0.25) is 9.59 Å². The molecule has 0 radical (unpaired) electrons. The number of allylic oxidation sites excluding steroid dienone is 2. The van der Waals surface area contributed by atoms with Gasteiger partial charge in [0.15, 0.2) is 6.10 Å². The van der Waals surface area contributed by atoms with Crippen LogP contribution in [0, 0.1) is 0 Å². The number of nitrogens with zero attached hydrogens (tertiary/aromatic N) is 1. The predicted molar refractivity (Wildman–Crippen MR) is 217 cm³/mol. The first-order chi connectivity index (χ1) is 25.6. The number of likely N-dealkylation sites (N-methyl/N-ethyl adjacent to an activating group) is 1. The number of hydrogen-bond acceptors (Lipinski definition) is 7. The molecular formula is C45H85NO7. The molecule has 8 heteroatoms. The molecule has 0 N–H and O–H groups in total. The number of carboxylic acid groups (broad SMARTS) is 1. The molecule has 0 rings (SSSR count). The molecule has 2 unspecified atom stereocenters. The minimum absolute atomic E-state index is 0.0444. The summed E-state index contributed by atoms with van der Waals surface area (Å²) in [7, 11) is 5.41. The van der Waals surface area contributed by atoms with E-state index in [0.29, 0.717) is 12.8 Å². The molecule has 0 aromatic carbocycles. The Labute approximate surface area is 327 Å². The fourth-order valence-corrected chi connectivity index (χ4v) is 6.65. The third-order valence-electron chi connectivity index (χ3n) is 10.2. The summed E-state index contributed by atoms with van der Waals surface area (Å²) < 4.78 is 17.2. The molecule has 0 fully saturated rings. The van der Waals surface area contributed by atoms with Crippen LogP contribution >= 0.6 is 0 Å². The Kier molecular flexibility index (Phi) is 35.7. The monoisotopic (exact) mass is 752 g/mol. The summed E-state index contributed by atoms with van der Waals surface area (Å²) in [6.45, 7) is 4.67. The van der Waals surface area contributed by atoms with Crippen LogP contribution in [0.1, 0.15) is 206 Å². The minimum Gasteiger partial charge on any atom is -0.544 e. The van der Waals surface area contributed by atoms with E-state index >= 15 is 0 Å². The Balaban J connectivity index is 4.31. The lowest BCUT2D eigenvalue weighted by atomic mass is 10.0. The van der Waals surface area contributed by atoms with Crippen LogP contribution in [0.4, 0.5) is 0 Å². The van der Waals surface area contributed by atoms with Gasteiger partial charge in [-0.25, -0.2) is 0 Å². The molecule has 0 aromatic rings. The zero-order chi connectivity index (χ0) is 39.3. The van der Waals surface area contributed by atoms with Crippen molar-refractivity contribution in [1.82, 2.24) is 0 Å². The molecule has 0 saturated heterocycles. The van der Waals surface area contributed by atoms with Gasteiger partial charge in [0, 0.05) is 19.3 Å². The number of quaternary nitrogens is 1. The fraction of sp³-hybridized carbons (Fsp3) is 0.889. The van der Waals surface area contributed by atoms with Crippen molar-refractivity contribution in [3.63, 3.8) is 0 Å². The van der Waals surface area contributed by atoms with Gasteiger partial charge in [0.25, 0.3) is 0 Å². The Hall–Kier alpha value is -1.93. The molecule has 0 bridgehead atoms. The molecule has 0 heterocycles. The van der Waals surface area contributed by atoms with E-state index in [1.165, 1.54) is 135 Å². The van der Waals surface area contributed by atoms with Crippen LogP contribution in [0.5, 0.6) is 0 Å². The van der Waals surface area contributed by atoms with E-state index in [0.717, 1.165) is 38.5 Å². The molecule has 0 saturated carbocycles. The highest BCUT2D eigenvalue weighted by Crippen LogP contribution is 2.15. The van der Waals surface area contributed by atoms with E-state index in [4.69, 9.17) is 14.2 Å². The van der Waals surface area contributed by atoms with Crippen LogP contribution in [0.25, 0.3) is 0 Å². The third-order valence-corrected chi connectivity index (χ3v) is 10.2. The van der Waals surface area contributed by atoms with Gasteiger partial charge in [-0.05, 0) is 38.5 Å². The largest absolute Gasteiger partial charge is 0.544 e. The van der Waals surface area contributed by atoms with Gasteiger partial charge in [0.2, 0.25) is 0 Å². The molecule has 8 nitrogen and oxygen atoms in total. The Bertz CT molecular complexity index is 885. The van der Waals surface area contributed by atoms with E-state index < -0.39 is 18.1 Å². The fourth-order valence-electron chi connectivity index (χ4n) is 6.65. The first-order valence-corrected chi connectivity index (χ1v) is 22.2. The van der Waals surface area contributed by atoms with Gasteiger partial charge in [0.05, 0.1) is 40.3 Å². The second kappa shape index (κ2) is 37.0. The molecule has 312 valence electrons. The molecule has 0 aliphatic carbocycles. The van der Waals surface area contributed by atoms with Crippen LogP contribution in [0.15, 0.2) is 12.2 Å². The van der Waals surface area contributed by atoms with Crippen molar-refractivity contribution in [1.29, 1.82) is 0 Å². The number of unbranched alkanes of at least 4 members (excludes halogenated alkanes) is 24.